The number of unbranched alkanes of at least 4 members (excludes halogenated alkanes) is 1. The SMILES string of the molecule is COc1ccc(NC(=O)N(CCCCO)C2CC2)cc1Cl. The smallest absolute Gasteiger partial charge is 0.322 e. The third kappa shape index (κ3) is 4.51. The Morgan fingerprint density at radius 2 is 2.24 bits per heavy atom. The van der Waals surface area contributed by atoms with Gasteiger partial charge in [0.25, 0.3) is 0 Å². The van der Waals surface area contributed by atoms with E-state index in [-0.39, 0.29) is 12.6 Å². The normalized spacial score (nSPS) is 13.9. The van der Waals surface area contributed by atoms with Crippen LogP contribution in [0.15, 0.2) is 18.2 Å². The van der Waals surface area contributed by atoms with Crippen LogP contribution in [0.2, 0.25) is 5.02 Å². The summed E-state index contributed by atoms with van der Waals surface area (Å²) in [5, 5.41) is 12.2. The van der Waals surface area contributed by atoms with Gasteiger partial charge in [0.05, 0.1) is 12.1 Å². The van der Waals surface area contributed by atoms with E-state index in [0.717, 1.165) is 19.3 Å². The fourth-order valence-corrected chi connectivity index (χ4v) is 2.43. The number of nitrogens with zero attached hydrogens (tertiary/aromatic N) is 1. The maximum atomic E-state index is 12.3. The lowest BCUT2D eigenvalue weighted by molar-refractivity contribution is 0.204. The second-order valence-electron chi connectivity index (χ2n) is 5.13. The summed E-state index contributed by atoms with van der Waals surface area (Å²) in [6, 6.07) is 5.39. The number of methoxy groups -OCH3 is 1. The predicted molar refractivity (Wildman–Crippen MR) is 83.1 cm³/mol. The molecule has 0 saturated heterocycles. The summed E-state index contributed by atoms with van der Waals surface area (Å²) in [6.07, 6.45) is 3.63. The number of carbonyl (C=O) groups is 1. The van der Waals surface area contributed by atoms with Crippen molar-refractivity contribution in [1.29, 1.82) is 0 Å². The molecule has 2 rings (SSSR count). The van der Waals surface area contributed by atoms with Crippen LogP contribution in [-0.4, -0.2) is 42.3 Å². The Bertz CT molecular complexity index is 492. The molecule has 0 aliphatic heterocycles. The van der Waals surface area contributed by atoms with Gasteiger partial charge in [0.1, 0.15) is 5.75 Å². The Hall–Kier alpha value is -1.46. The first kappa shape index (κ1) is 15.9. The molecule has 1 aliphatic carbocycles. The van der Waals surface area contributed by atoms with Crippen molar-refractivity contribution >= 4 is 23.3 Å². The third-order valence-corrected chi connectivity index (χ3v) is 3.75. The molecule has 0 bridgehead atoms. The first-order chi connectivity index (χ1) is 10.2. The average Bonchev–Trinajstić information content (AvgIpc) is 3.28. The van der Waals surface area contributed by atoms with Crippen molar-refractivity contribution in [2.75, 3.05) is 25.6 Å². The van der Waals surface area contributed by atoms with Crippen LogP contribution in [0, 0.1) is 0 Å². The fourth-order valence-electron chi connectivity index (χ4n) is 2.17. The van der Waals surface area contributed by atoms with Crippen molar-refractivity contribution in [2.24, 2.45) is 0 Å². The molecule has 0 aromatic heterocycles. The van der Waals surface area contributed by atoms with Gasteiger partial charge < -0.3 is 20.1 Å². The first-order valence-electron chi connectivity index (χ1n) is 7.17. The average molecular weight is 313 g/mol. The van der Waals surface area contributed by atoms with Gasteiger partial charge in [-0.15, -0.1) is 0 Å². The van der Waals surface area contributed by atoms with Gasteiger partial charge in [0.2, 0.25) is 0 Å². The number of halogens is 1. The van der Waals surface area contributed by atoms with Crippen molar-refractivity contribution in [2.45, 2.75) is 31.7 Å². The van der Waals surface area contributed by atoms with Crippen molar-refractivity contribution in [3.8, 4) is 5.75 Å². The molecule has 0 unspecified atom stereocenters. The topological polar surface area (TPSA) is 61.8 Å². The van der Waals surface area contributed by atoms with Crippen molar-refractivity contribution in [3.05, 3.63) is 23.2 Å². The Morgan fingerprint density at radius 1 is 1.48 bits per heavy atom. The molecule has 1 aromatic rings. The zero-order valence-electron chi connectivity index (χ0n) is 12.1. The predicted octanol–water partition coefficient (Wildman–Crippen LogP) is 3.12. The minimum atomic E-state index is -0.114. The summed E-state index contributed by atoms with van der Waals surface area (Å²) in [5.74, 6) is 0.580. The number of anilines is 1. The van der Waals surface area contributed by atoms with Crippen molar-refractivity contribution in [1.82, 2.24) is 4.90 Å². The number of urea groups is 1. The van der Waals surface area contributed by atoms with Gasteiger partial charge in [0, 0.05) is 24.9 Å². The van der Waals surface area contributed by atoms with Crippen LogP contribution < -0.4 is 10.1 Å². The van der Waals surface area contributed by atoms with E-state index in [0.29, 0.717) is 35.5 Å². The van der Waals surface area contributed by atoms with E-state index in [4.69, 9.17) is 21.4 Å². The highest BCUT2D eigenvalue weighted by Gasteiger charge is 2.32. The second kappa shape index (κ2) is 7.52. The number of carbonyl (C=O) groups excluding carboxylic acids is 1. The monoisotopic (exact) mass is 312 g/mol. The highest BCUT2D eigenvalue weighted by Crippen LogP contribution is 2.30. The van der Waals surface area contributed by atoms with Gasteiger partial charge in [-0.3, -0.25) is 0 Å². The molecule has 0 heterocycles. The van der Waals surface area contributed by atoms with Crippen molar-refractivity contribution in [3.63, 3.8) is 0 Å². The number of hydrogen-bond acceptors (Lipinski definition) is 3. The van der Waals surface area contributed by atoms with E-state index in [1.165, 1.54) is 0 Å². The van der Waals surface area contributed by atoms with Gasteiger partial charge in [0.15, 0.2) is 0 Å². The molecule has 6 heteroatoms. The maximum absolute atomic E-state index is 12.3. The molecular weight excluding hydrogens is 292 g/mol. The number of nitrogens with one attached hydrogen (secondary N) is 1. The number of benzene rings is 1. The number of aliphatic hydroxyl groups is 1. The zero-order valence-corrected chi connectivity index (χ0v) is 12.9. The lowest BCUT2D eigenvalue weighted by Crippen LogP contribution is -2.37. The zero-order chi connectivity index (χ0) is 15.2. The third-order valence-electron chi connectivity index (χ3n) is 3.46. The molecule has 2 amide bonds. The van der Waals surface area contributed by atoms with Crippen LogP contribution in [0.1, 0.15) is 25.7 Å². The van der Waals surface area contributed by atoms with E-state index < -0.39 is 0 Å². The molecule has 1 aliphatic rings. The van der Waals surface area contributed by atoms with Crippen LogP contribution in [0.5, 0.6) is 5.75 Å². The van der Waals surface area contributed by atoms with Crippen LogP contribution in [-0.2, 0) is 0 Å². The summed E-state index contributed by atoms with van der Waals surface area (Å²) in [5.41, 5.74) is 0.651. The number of hydrogen-bond donors (Lipinski definition) is 2. The molecule has 0 spiro atoms. The van der Waals surface area contributed by atoms with Crippen LogP contribution >= 0.6 is 11.6 Å². The summed E-state index contributed by atoms with van der Waals surface area (Å²) in [4.78, 5) is 14.2. The van der Waals surface area contributed by atoms with Crippen LogP contribution in [0.3, 0.4) is 0 Å². The number of rotatable bonds is 7. The first-order valence-corrected chi connectivity index (χ1v) is 7.55. The summed E-state index contributed by atoms with van der Waals surface area (Å²) in [7, 11) is 1.55. The maximum Gasteiger partial charge on any atom is 0.322 e. The largest absolute Gasteiger partial charge is 0.495 e. The number of aliphatic hydroxyl groups excluding tert-OH is 1. The lowest BCUT2D eigenvalue weighted by atomic mass is 10.3. The highest BCUT2D eigenvalue weighted by atomic mass is 35.5. The number of ether oxygens (including phenoxy) is 1. The van der Waals surface area contributed by atoms with E-state index in [1.54, 1.807) is 25.3 Å². The fraction of sp³-hybridized carbons (Fsp3) is 0.533. The Morgan fingerprint density at radius 3 is 2.81 bits per heavy atom. The minimum Gasteiger partial charge on any atom is -0.495 e. The Balaban J connectivity index is 1.96. The van der Waals surface area contributed by atoms with Crippen LogP contribution in [0.25, 0.3) is 0 Å². The second-order valence-corrected chi connectivity index (χ2v) is 5.54. The summed E-state index contributed by atoms with van der Waals surface area (Å²) in [6.45, 7) is 0.829. The van der Waals surface area contributed by atoms with E-state index in [9.17, 15) is 4.79 Å². The van der Waals surface area contributed by atoms with E-state index in [2.05, 4.69) is 5.32 Å². The molecule has 2 N–H and O–H groups in total. The standard InChI is InChI=1S/C15H21ClN2O3/c1-21-14-7-4-11(10-13(14)16)17-15(20)18(12-5-6-12)8-2-3-9-19/h4,7,10,12,19H,2-3,5-6,8-9H2,1H3,(H,17,20). The molecule has 1 fully saturated rings. The van der Waals surface area contributed by atoms with Gasteiger partial charge in [-0.2, -0.15) is 0 Å². The highest BCUT2D eigenvalue weighted by molar-refractivity contribution is 6.32. The molecule has 5 nitrogen and oxygen atoms in total. The van der Waals surface area contributed by atoms with E-state index in [1.807, 2.05) is 4.90 Å². The van der Waals surface area contributed by atoms with Gasteiger partial charge in [-0.25, -0.2) is 4.79 Å². The Labute approximate surface area is 129 Å². The summed E-state index contributed by atoms with van der Waals surface area (Å²) >= 11 is 6.05. The molecule has 21 heavy (non-hydrogen) atoms. The quantitative estimate of drug-likeness (QED) is 0.760. The molecule has 116 valence electrons. The molecule has 0 radical (unpaired) electrons. The molecular formula is C15H21ClN2O3. The number of amides is 2. The molecule has 1 aromatic carbocycles. The molecule has 1 saturated carbocycles. The van der Waals surface area contributed by atoms with Crippen molar-refractivity contribution < 1.29 is 14.6 Å². The summed E-state index contributed by atoms with van der Waals surface area (Å²) < 4.78 is 5.09. The van der Waals surface area contributed by atoms with E-state index >= 15 is 0 Å². The lowest BCUT2D eigenvalue weighted by Gasteiger charge is -2.23. The molecule has 0 atom stereocenters. The van der Waals surface area contributed by atoms with Gasteiger partial charge in [-0.1, -0.05) is 11.6 Å². The van der Waals surface area contributed by atoms with Gasteiger partial charge in [-0.05, 0) is 43.9 Å². The van der Waals surface area contributed by atoms with Gasteiger partial charge >= 0.3 is 6.03 Å². The van der Waals surface area contributed by atoms with Crippen LogP contribution in [0.4, 0.5) is 10.5 Å². The minimum absolute atomic E-state index is 0.114. The Kier molecular flexibility index (Phi) is 5.70.